The van der Waals surface area contributed by atoms with Crippen LogP contribution in [0.2, 0.25) is 5.02 Å². The third kappa shape index (κ3) is 6.62. The van der Waals surface area contributed by atoms with E-state index in [4.69, 9.17) is 21.1 Å². The molecule has 2 aromatic rings. The summed E-state index contributed by atoms with van der Waals surface area (Å²) in [6.45, 7) is 0.987. The molecule has 0 atom stereocenters. The highest BCUT2D eigenvalue weighted by Crippen LogP contribution is 2.34. The average Bonchev–Trinajstić information content (AvgIpc) is 2.79. The summed E-state index contributed by atoms with van der Waals surface area (Å²) in [5, 5.41) is 3.39. The molecule has 0 aliphatic carbocycles. The molecule has 0 spiro atoms. The molecule has 8 nitrogen and oxygen atoms in total. The minimum absolute atomic E-state index is 0.000905. The predicted molar refractivity (Wildman–Crippen MR) is 120 cm³/mol. The van der Waals surface area contributed by atoms with E-state index in [1.165, 1.54) is 7.11 Å². The van der Waals surface area contributed by atoms with Gasteiger partial charge in [0.05, 0.1) is 25.8 Å². The predicted octanol–water partition coefficient (Wildman–Crippen LogP) is 3.82. The molecule has 2 aromatic carbocycles. The number of ether oxygens (including phenoxy) is 3. The lowest BCUT2D eigenvalue weighted by Gasteiger charge is -2.30. The van der Waals surface area contributed by atoms with E-state index in [0.29, 0.717) is 35.3 Å². The Morgan fingerprint density at radius 2 is 1.91 bits per heavy atom. The number of benzene rings is 2. The quantitative estimate of drug-likeness (QED) is 0.428. The highest BCUT2D eigenvalue weighted by Gasteiger charge is 2.25. The van der Waals surface area contributed by atoms with E-state index in [2.05, 4.69) is 10.1 Å². The van der Waals surface area contributed by atoms with Crippen LogP contribution in [0.4, 0.5) is 11.4 Å². The molecule has 2 amide bonds. The standard InChI is InChI=1S/C23H25ClN2O6/c1-30-23(29)11-10-21(27)25-17-6-9-20-19(14-17)26(22(28)15-32-20)12-2-3-13-31-18-7-4-16(24)5-8-18/h4-9,14H,2-3,10-13,15H2,1H3,(H,25,27). The number of rotatable bonds is 10. The van der Waals surface area contributed by atoms with Gasteiger partial charge < -0.3 is 24.4 Å². The van der Waals surface area contributed by atoms with Gasteiger partial charge in [0.1, 0.15) is 11.5 Å². The number of methoxy groups -OCH3 is 1. The molecule has 1 aliphatic rings. The van der Waals surface area contributed by atoms with Crippen molar-refractivity contribution < 1.29 is 28.6 Å². The van der Waals surface area contributed by atoms with Crippen LogP contribution in [0.3, 0.4) is 0 Å². The van der Waals surface area contributed by atoms with Crippen LogP contribution >= 0.6 is 11.6 Å². The van der Waals surface area contributed by atoms with E-state index < -0.39 is 5.97 Å². The molecule has 0 bridgehead atoms. The molecular weight excluding hydrogens is 436 g/mol. The number of carbonyl (C=O) groups excluding carboxylic acids is 3. The molecule has 0 aromatic heterocycles. The molecule has 9 heteroatoms. The third-order valence-corrected chi connectivity index (χ3v) is 5.08. The molecule has 0 radical (unpaired) electrons. The van der Waals surface area contributed by atoms with E-state index in [-0.39, 0.29) is 31.3 Å². The van der Waals surface area contributed by atoms with Crippen molar-refractivity contribution in [1.82, 2.24) is 0 Å². The lowest BCUT2D eigenvalue weighted by Crippen LogP contribution is -2.39. The lowest BCUT2D eigenvalue weighted by molar-refractivity contribution is -0.141. The first-order chi connectivity index (χ1) is 15.5. The van der Waals surface area contributed by atoms with Crippen LogP contribution in [-0.2, 0) is 19.1 Å². The van der Waals surface area contributed by atoms with E-state index >= 15 is 0 Å². The number of carbonyl (C=O) groups is 3. The minimum atomic E-state index is -0.448. The fraction of sp³-hybridized carbons (Fsp3) is 0.348. The Labute approximate surface area is 191 Å². The van der Waals surface area contributed by atoms with Gasteiger partial charge in [0, 0.05) is 23.7 Å². The Hall–Kier alpha value is -3.26. The first kappa shape index (κ1) is 23.4. The molecule has 1 heterocycles. The highest BCUT2D eigenvalue weighted by atomic mass is 35.5. The fourth-order valence-corrected chi connectivity index (χ4v) is 3.28. The van der Waals surface area contributed by atoms with Gasteiger partial charge in [0.2, 0.25) is 5.91 Å². The molecule has 0 saturated carbocycles. The SMILES string of the molecule is COC(=O)CCC(=O)Nc1ccc2c(c1)N(CCCCOc1ccc(Cl)cc1)C(=O)CO2. The van der Waals surface area contributed by atoms with Crippen LogP contribution in [-0.4, -0.2) is 44.7 Å². The second-order valence-electron chi connectivity index (χ2n) is 7.15. The van der Waals surface area contributed by atoms with Crippen molar-refractivity contribution in [3.05, 3.63) is 47.5 Å². The van der Waals surface area contributed by atoms with Crippen molar-refractivity contribution in [2.45, 2.75) is 25.7 Å². The van der Waals surface area contributed by atoms with Crippen LogP contribution < -0.4 is 19.7 Å². The summed E-state index contributed by atoms with van der Waals surface area (Å²) in [6, 6.07) is 12.3. The largest absolute Gasteiger partial charge is 0.494 e. The zero-order valence-electron chi connectivity index (χ0n) is 17.8. The minimum Gasteiger partial charge on any atom is -0.494 e. The van der Waals surface area contributed by atoms with E-state index in [9.17, 15) is 14.4 Å². The van der Waals surface area contributed by atoms with Crippen molar-refractivity contribution in [2.24, 2.45) is 0 Å². The van der Waals surface area contributed by atoms with E-state index in [1.807, 2.05) is 12.1 Å². The van der Waals surface area contributed by atoms with Crippen molar-refractivity contribution in [3.8, 4) is 11.5 Å². The molecular formula is C23H25ClN2O6. The van der Waals surface area contributed by atoms with Crippen molar-refractivity contribution in [1.29, 1.82) is 0 Å². The van der Waals surface area contributed by atoms with E-state index in [0.717, 1.165) is 18.6 Å². The fourth-order valence-electron chi connectivity index (χ4n) is 3.16. The molecule has 1 aliphatic heterocycles. The van der Waals surface area contributed by atoms with Gasteiger partial charge >= 0.3 is 5.97 Å². The second kappa shape index (κ2) is 11.4. The summed E-state index contributed by atoms with van der Waals surface area (Å²) in [4.78, 5) is 37.4. The molecule has 0 saturated heterocycles. The maximum absolute atomic E-state index is 12.4. The summed E-state index contributed by atoms with van der Waals surface area (Å²) in [5.74, 6) is 0.412. The summed E-state index contributed by atoms with van der Waals surface area (Å²) in [7, 11) is 1.28. The lowest BCUT2D eigenvalue weighted by atomic mass is 10.2. The molecule has 3 rings (SSSR count). The number of hydrogen-bond acceptors (Lipinski definition) is 6. The first-order valence-corrected chi connectivity index (χ1v) is 10.7. The number of amides is 2. The van der Waals surface area contributed by atoms with Gasteiger partial charge in [0.25, 0.3) is 5.91 Å². The van der Waals surface area contributed by atoms with Crippen molar-refractivity contribution >= 4 is 40.8 Å². The zero-order valence-corrected chi connectivity index (χ0v) is 18.5. The number of esters is 1. The number of fused-ring (bicyclic) bond motifs is 1. The summed E-state index contributed by atoms with van der Waals surface area (Å²) in [5.41, 5.74) is 1.12. The molecule has 32 heavy (non-hydrogen) atoms. The van der Waals surface area contributed by atoms with Crippen LogP contribution in [0, 0.1) is 0 Å². The maximum atomic E-state index is 12.4. The topological polar surface area (TPSA) is 94.2 Å². The van der Waals surface area contributed by atoms with Gasteiger partial charge in [-0.2, -0.15) is 0 Å². The van der Waals surface area contributed by atoms with Gasteiger partial charge in [-0.15, -0.1) is 0 Å². The Bertz CT molecular complexity index is 963. The molecule has 1 N–H and O–H groups in total. The van der Waals surface area contributed by atoms with Crippen LogP contribution in [0.5, 0.6) is 11.5 Å². The van der Waals surface area contributed by atoms with Gasteiger partial charge in [-0.3, -0.25) is 14.4 Å². The third-order valence-electron chi connectivity index (χ3n) is 4.83. The number of nitrogens with zero attached hydrogens (tertiary/aromatic N) is 1. The normalized spacial score (nSPS) is 12.6. The van der Waals surface area contributed by atoms with Gasteiger partial charge in [-0.25, -0.2) is 0 Å². The Kier molecular flexibility index (Phi) is 8.33. The smallest absolute Gasteiger partial charge is 0.306 e. The summed E-state index contributed by atoms with van der Waals surface area (Å²) >= 11 is 5.86. The highest BCUT2D eigenvalue weighted by molar-refractivity contribution is 6.30. The second-order valence-corrected chi connectivity index (χ2v) is 7.59. The van der Waals surface area contributed by atoms with Crippen molar-refractivity contribution in [3.63, 3.8) is 0 Å². The van der Waals surface area contributed by atoms with Gasteiger partial charge in [-0.05, 0) is 55.3 Å². The van der Waals surface area contributed by atoms with Crippen LogP contribution in [0.1, 0.15) is 25.7 Å². The van der Waals surface area contributed by atoms with Crippen molar-refractivity contribution in [2.75, 3.05) is 37.1 Å². The number of anilines is 2. The Morgan fingerprint density at radius 3 is 2.66 bits per heavy atom. The number of unbranched alkanes of at least 4 members (excludes halogenated alkanes) is 1. The zero-order chi connectivity index (χ0) is 22.9. The van der Waals surface area contributed by atoms with Gasteiger partial charge in [0.15, 0.2) is 6.61 Å². The van der Waals surface area contributed by atoms with Crippen LogP contribution in [0.25, 0.3) is 0 Å². The number of halogens is 1. The maximum Gasteiger partial charge on any atom is 0.306 e. The first-order valence-electron chi connectivity index (χ1n) is 10.3. The Balaban J connectivity index is 1.54. The monoisotopic (exact) mass is 460 g/mol. The summed E-state index contributed by atoms with van der Waals surface area (Å²) < 4.78 is 15.7. The van der Waals surface area contributed by atoms with Crippen LogP contribution in [0.15, 0.2) is 42.5 Å². The van der Waals surface area contributed by atoms with E-state index in [1.54, 1.807) is 35.2 Å². The average molecular weight is 461 g/mol. The van der Waals surface area contributed by atoms with Gasteiger partial charge in [-0.1, -0.05) is 11.6 Å². The summed E-state index contributed by atoms with van der Waals surface area (Å²) in [6.07, 6.45) is 1.50. The Morgan fingerprint density at radius 1 is 1.12 bits per heavy atom. The number of hydrogen-bond donors (Lipinski definition) is 1. The number of nitrogens with one attached hydrogen (secondary N) is 1. The molecule has 170 valence electrons. The molecule has 0 fully saturated rings. The molecule has 0 unspecified atom stereocenters.